The van der Waals surface area contributed by atoms with Gasteiger partial charge in [0, 0.05) is 6.61 Å². The van der Waals surface area contributed by atoms with Gasteiger partial charge in [0.25, 0.3) is 0 Å². The van der Waals surface area contributed by atoms with E-state index in [1.165, 1.54) is 6.26 Å². The summed E-state index contributed by atoms with van der Waals surface area (Å²) in [6.07, 6.45) is 1.27. The minimum atomic E-state index is -1.20. The Hall–Kier alpha value is -0.580. The summed E-state index contributed by atoms with van der Waals surface area (Å²) in [6, 6.07) is 0. The Morgan fingerprint density at radius 1 is 1.21 bits per heavy atom. The van der Waals surface area contributed by atoms with Gasteiger partial charge in [-0.2, -0.15) is 0 Å². The molecule has 4 heteroatoms. The van der Waals surface area contributed by atoms with E-state index in [4.69, 9.17) is 18.9 Å². The molecule has 4 nitrogen and oxygen atoms in total. The molecule has 0 spiro atoms. The first kappa shape index (κ1) is 13.4. The predicted octanol–water partition coefficient (Wildman–Crippen LogP) is 1.72. The van der Waals surface area contributed by atoms with Crippen molar-refractivity contribution in [3.63, 3.8) is 0 Å². The number of hydrogen-bond acceptors (Lipinski definition) is 4. The Morgan fingerprint density at radius 3 is 2.36 bits per heavy atom. The van der Waals surface area contributed by atoms with E-state index in [2.05, 4.69) is 13.5 Å². The lowest BCUT2D eigenvalue weighted by molar-refractivity contribution is -0.372. The zero-order valence-electron chi connectivity index (χ0n) is 8.95. The van der Waals surface area contributed by atoms with Crippen molar-refractivity contribution in [1.82, 2.24) is 0 Å². The Kier molecular flexibility index (Phi) is 7.47. The molecule has 0 N–H and O–H groups in total. The highest BCUT2D eigenvalue weighted by atomic mass is 16.9. The molecule has 0 saturated heterocycles. The number of ether oxygens (including phenoxy) is 4. The Balaban J connectivity index is 4.28. The third kappa shape index (κ3) is 4.60. The van der Waals surface area contributed by atoms with Gasteiger partial charge in [-0.1, -0.05) is 6.58 Å². The first-order valence-corrected chi connectivity index (χ1v) is 4.68. The van der Waals surface area contributed by atoms with Gasteiger partial charge in [-0.3, -0.25) is 0 Å². The summed E-state index contributed by atoms with van der Waals surface area (Å²) in [5.41, 5.74) is 0. The topological polar surface area (TPSA) is 36.9 Å². The number of rotatable bonds is 9. The quantitative estimate of drug-likeness (QED) is 0.422. The van der Waals surface area contributed by atoms with E-state index in [-0.39, 0.29) is 13.2 Å². The maximum absolute atomic E-state index is 5.33. The SMILES string of the molecule is [CH2]COC(COCC)(OC=C)OCC. The molecule has 83 valence electrons. The largest absolute Gasteiger partial charge is 0.446 e. The summed E-state index contributed by atoms with van der Waals surface area (Å²) in [7, 11) is 0. The smallest absolute Gasteiger partial charge is 0.351 e. The molecule has 0 amide bonds. The second-order valence-electron chi connectivity index (χ2n) is 2.39. The molecule has 0 rings (SSSR count). The van der Waals surface area contributed by atoms with Crippen LogP contribution in [0.3, 0.4) is 0 Å². The predicted molar refractivity (Wildman–Crippen MR) is 53.4 cm³/mol. The average Bonchev–Trinajstić information content (AvgIpc) is 2.16. The molecule has 0 heterocycles. The lowest BCUT2D eigenvalue weighted by Gasteiger charge is -2.30. The van der Waals surface area contributed by atoms with Crippen molar-refractivity contribution in [3.05, 3.63) is 19.8 Å². The fraction of sp³-hybridized carbons (Fsp3) is 0.700. The monoisotopic (exact) mass is 203 g/mol. The van der Waals surface area contributed by atoms with Gasteiger partial charge in [-0.15, -0.1) is 0 Å². The molecule has 14 heavy (non-hydrogen) atoms. The fourth-order valence-electron chi connectivity index (χ4n) is 0.957. The molecule has 0 aromatic heterocycles. The van der Waals surface area contributed by atoms with Crippen LogP contribution < -0.4 is 0 Å². The second kappa shape index (κ2) is 7.79. The van der Waals surface area contributed by atoms with Gasteiger partial charge in [-0.25, -0.2) is 0 Å². The highest BCUT2D eigenvalue weighted by molar-refractivity contribution is 4.63. The van der Waals surface area contributed by atoms with Crippen molar-refractivity contribution in [2.24, 2.45) is 0 Å². The van der Waals surface area contributed by atoms with Crippen LogP contribution >= 0.6 is 0 Å². The second-order valence-corrected chi connectivity index (χ2v) is 2.39. The van der Waals surface area contributed by atoms with Gasteiger partial charge in [0.1, 0.15) is 6.61 Å². The first-order valence-electron chi connectivity index (χ1n) is 4.68. The molecule has 0 aliphatic heterocycles. The fourth-order valence-corrected chi connectivity index (χ4v) is 0.957. The van der Waals surface area contributed by atoms with E-state index in [0.29, 0.717) is 13.2 Å². The van der Waals surface area contributed by atoms with Crippen LogP contribution in [-0.4, -0.2) is 32.4 Å². The maximum Gasteiger partial charge on any atom is 0.351 e. The van der Waals surface area contributed by atoms with E-state index >= 15 is 0 Å². The summed E-state index contributed by atoms with van der Waals surface area (Å²) < 4.78 is 21.0. The minimum Gasteiger partial charge on any atom is -0.446 e. The molecule has 0 aromatic carbocycles. The molecular weight excluding hydrogens is 184 g/mol. The van der Waals surface area contributed by atoms with Gasteiger partial charge in [-0.05, 0) is 20.8 Å². The normalized spacial score (nSPS) is 11.4. The van der Waals surface area contributed by atoms with E-state index < -0.39 is 5.97 Å². The lowest BCUT2D eigenvalue weighted by Crippen LogP contribution is -2.42. The van der Waals surface area contributed by atoms with Crippen LogP contribution in [0, 0.1) is 6.92 Å². The van der Waals surface area contributed by atoms with E-state index in [1.54, 1.807) is 0 Å². The zero-order valence-corrected chi connectivity index (χ0v) is 8.95. The van der Waals surface area contributed by atoms with Crippen LogP contribution in [0.1, 0.15) is 13.8 Å². The summed E-state index contributed by atoms with van der Waals surface area (Å²) in [4.78, 5) is 0. The molecular formula is C10H19O4. The molecule has 0 aliphatic carbocycles. The summed E-state index contributed by atoms with van der Waals surface area (Å²) in [5.74, 6) is -1.20. The molecule has 1 radical (unpaired) electrons. The highest BCUT2D eigenvalue weighted by Crippen LogP contribution is 2.16. The molecule has 1 unspecified atom stereocenters. The lowest BCUT2D eigenvalue weighted by atomic mass is 10.5. The standard InChI is InChI=1S/C10H19O4/c1-5-11-9-10(12-6-2,13-7-3)14-8-4/h6H,2-3,5,7-9H2,1,4H3. The van der Waals surface area contributed by atoms with E-state index in [0.717, 1.165) is 0 Å². The van der Waals surface area contributed by atoms with Crippen molar-refractivity contribution in [3.8, 4) is 0 Å². The zero-order chi connectivity index (χ0) is 10.9. The summed E-state index contributed by atoms with van der Waals surface area (Å²) >= 11 is 0. The van der Waals surface area contributed by atoms with Gasteiger partial charge in [0.05, 0.1) is 19.5 Å². The molecule has 0 aliphatic rings. The Bertz CT molecular complexity index is 141. The van der Waals surface area contributed by atoms with Gasteiger partial charge >= 0.3 is 5.97 Å². The maximum atomic E-state index is 5.33. The molecule has 0 aromatic rings. The highest BCUT2D eigenvalue weighted by Gasteiger charge is 2.33. The third-order valence-electron chi connectivity index (χ3n) is 1.43. The third-order valence-corrected chi connectivity index (χ3v) is 1.43. The molecule has 0 bridgehead atoms. The minimum absolute atomic E-state index is 0.193. The Labute approximate surface area is 85.8 Å². The van der Waals surface area contributed by atoms with Crippen LogP contribution in [0.2, 0.25) is 0 Å². The van der Waals surface area contributed by atoms with Gasteiger partial charge in [0.2, 0.25) is 0 Å². The number of hydrogen-bond donors (Lipinski definition) is 0. The van der Waals surface area contributed by atoms with Crippen molar-refractivity contribution in [2.75, 3.05) is 26.4 Å². The van der Waals surface area contributed by atoms with Crippen LogP contribution in [0.15, 0.2) is 12.8 Å². The van der Waals surface area contributed by atoms with Crippen LogP contribution in [0.5, 0.6) is 0 Å². The van der Waals surface area contributed by atoms with Gasteiger partial charge in [0.15, 0.2) is 0 Å². The van der Waals surface area contributed by atoms with E-state index in [9.17, 15) is 0 Å². The van der Waals surface area contributed by atoms with Crippen molar-refractivity contribution >= 4 is 0 Å². The van der Waals surface area contributed by atoms with Gasteiger partial charge < -0.3 is 18.9 Å². The van der Waals surface area contributed by atoms with E-state index in [1.807, 2.05) is 13.8 Å². The average molecular weight is 203 g/mol. The Morgan fingerprint density at radius 2 is 1.93 bits per heavy atom. The molecule has 0 saturated carbocycles. The van der Waals surface area contributed by atoms with Crippen molar-refractivity contribution < 1.29 is 18.9 Å². The van der Waals surface area contributed by atoms with Crippen LogP contribution in [0.25, 0.3) is 0 Å². The van der Waals surface area contributed by atoms with Crippen molar-refractivity contribution in [2.45, 2.75) is 19.8 Å². The van der Waals surface area contributed by atoms with Crippen LogP contribution in [-0.2, 0) is 18.9 Å². The molecule has 0 fully saturated rings. The first-order chi connectivity index (χ1) is 6.74. The summed E-state index contributed by atoms with van der Waals surface area (Å²) in [6.45, 7) is 12.2. The van der Waals surface area contributed by atoms with Crippen LogP contribution in [0.4, 0.5) is 0 Å². The summed E-state index contributed by atoms with van der Waals surface area (Å²) in [5, 5.41) is 0. The molecule has 1 atom stereocenters. The van der Waals surface area contributed by atoms with Crippen molar-refractivity contribution in [1.29, 1.82) is 0 Å².